The van der Waals surface area contributed by atoms with Gasteiger partial charge in [0.05, 0.1) is 11.3 Å². The van der Waals surface area contributed by atoms with Crippen molar-refractivity contribution < 1.29 is 9.53 Å². The number of aryl methyl sites for hydroxylation is 2. The molecule has 20 heavy (non-hydrogen) atoms. The molecule has 0 fully saturated rings. The normalized spacial score (nSPS) is 11.5. The van der Waals surface area contributed by atoms with E-state index in [4.69, 9.17) is 4.74 Å². The number of carbonyl (C=O) groups is 1. The first kappa shape index (κ1) is 16.5. The quantitative estimate of drug-likeness (QED) is 0.833. The minimum Gasteiger partial charge on any atom is -0.377 e. The summed E-state index contributed by atoms with van der Waals surface area (Å²) in [6, 6.07) is -0.0890. The van der Waals surface area contributed by atoms with E-state index in [9.17, 15) is 4.79 Å². The first-order chi connectivity index (χ1) is 9.26. The Morgan fingerprint density at radius 2 is 2.10 bits per heavy atom. The van der Waals surface area contributed by atoms with Gasteiger partial charge in [0.1, 0.15) is 0 Å². The van der Waals surface area contributed by atoms with Crippen molar-refractivity contribution in [2.75, 3.05) is 27.2 Å². The summed E-state index contributed by atoms with van der Waals surface area (Å²) in [7, 11) is 3.43. The number of hydrogen-bond donors (Lipinski definition) is 2. The lowest BCUT2D eigenvalue weighted by Crippen LogP contribution is -2.45. The van der Waals surface area contributed by atoms with E-state index in [0.717, 1.165) is 17.8 Å². The Kier molecular flexibility index (Phi) is 5.56. The van der Waals surface area contributed by atoms with Gasteiger partial charge in [0.25, 0.3) is 0 Å². The van der Waals surface area contributed by atoms with E-state index in [1.165, 1.54) is 5.56 Å². The van der Waals surface area contributed by atoms with Gasteiger partial charge in [0, 0.05) is 32.9 Å². The SMILES string of the molecule is COC(C)(C)CNC(=O)N(C)CCc1c(C)n[nH]c1C. The maximum atomic E-state index is 12.0. The Bertz CT molecular complexity index is 435. The van der Waals surface area contributed by atoms with Crippen molar-refractivity contribution in [1.29, 1.82) is 0 Å². The summed E-state index contributed by atoms with van der Waals surface area (Å²) in [5.74, 6) is 0. The molecule has 0 saturated carbocycles. The number of methoxy groups -OCH3 is 1. The average Bonchev–Trinajstić information content (AvgIpc) is 2.73. The van der Waals surface area contributed by atoms with Gasteiger partial charge in [-0.15, -0.1) is 0 Å². The van der Waals surface area contributed by atoms with E-state index in [2.05, 4.69) is 15.5 Å². The van der Waals surface area contributed by atoms with Crippen LogP contribution in [0.3, 0.4) is 0 Å². The van der Waals surface area contributed by atoms with Gasteiger partial charge >= 0.3 is 6.03 Å². The largest absolute Gasteiger partial charge is 0.377 e. The molecule has 1 aromatic heterocycles. The molecule has 0 aromatic carbocycles. The number of H-pyrrole nitrogens is 1. The van der Waals surface area contributed by atoms with Crippen molar-refractivity contribution in [3.63, 3.8) is 0 Å². The fourth-order valence-corrected chi connectivity index (χ4v) is 1.82. The van der Waals surface area contributed by atoms with Crippen LogP contribution in [-0.4, -0.2) is 54.0 Å². The molecule has 6 nitrogen and oxygen atoms in total. The molecule has 0 atom stereocenters. The first-order valence-corrected chi connectivity index (χ1v) is 6.81. The lowest BCUT2D eigenvalue weighted by molar-refractivity contribution is 0.0245. The number of nitrogens with one attached hydrogen (secondary N) is 2. The third kappa shape index (κ3) is 4.52. The molecular weight excluding hydrogens is 256 g/mol. The summed E-state index contributed by atoms with van der Waals surface area (Å²) in [6.07, 6.45) is 0.797. The van der Waals surface area contributed by atoms with Crippen LogP contribution in [0.4, 0.5) is 4.79 Å². The highest BCUT2D eigenvalue weighted by Crippen LogP contribution is 2.10. The number of nitrogens with zero attached hydrogens (tertiary/aromatic N) is 2. The molecule has 0 aliphatic rings. The molecule has 2 N–H and O–H groups in total. The molecular formula is C14H26N4O2. The fourth-order valence-electron chi connectivity index (χ4n) is 1.82. The molecule has 0 bridgehead atoms. The Hall–Kier alpha value is -1.56. The van der Waals surface area contributed by atoms with Gasteiger partial charge in [-0.3, -0.25) is 5.10 Å². The molecule has 1 rings (SSSR count). The van der Waals surface area contributed by atoms with Gasteiger partial charge in [0.2, 0.25) is 0 Å². The summed E-state index contributed by atoms with van der Waals surface area (Å²) >= 11 is 0. The number of likely N-dealkylation sites (N-methyl/N-ethyl adjacent to an activating group) is 1. The predicted octanol–water partition coefficient (Wildman–Crippen LogP) is 1.64. The minimum absolute atomic E-state index is 0.0890. The number of urea groups is 1. The van der Waals surface area contributed by atoms with Crippen LogP contribution in [0.1, 0.15) is 30.8 Å². The summed E-state index contributed by atoms with van der Waals surface area (Å²) in [5.41, 5.74) is 2.89. The molecule has 1 aromatic rings. The highest BCUT2D eigenvalue weighted by molar-refractivity contribution is 5.73. The van der Waals surface area contributed by atoms with Crippen molar-refractivity contribution in [1.82, 2.24) is 20.4 Å². The van der Waals surface area contributed by atoms with Crippen LogP contribution < -0.4 is 5.32 Å². The highest BCUT2D eigenvalue weighted by Gasteiger charge is 2.19. The van der Waals surface area contributed by atoms with Crippen LogP contribution >= 0.6 is 0 Å². The van der Waals surface area contributed by atoms with Crippen molar-refractivity contribution in [2.45, 2.75) is 39.7 Å². The lowest BCUT2D eigenvalue weighted by atomic mass is 10.1. The van der Waals surface area contributed by atoms with Crippen molar-refractivity contribution in [3.05, 3.63) is 17.0 Å². The number of aromatic nitrogens is 2. The number of carbonyl (C=O) groups excluding carboxylic acids is 1. The maximum absolute atomic E-state index is 12.0. The first-order valence-electron chi connectivity index (χ1n) is 6.81. The van der Waals surface area contributed by atoms with E-state index >= 15 is 0 Å². The van der Waals surface area contributed by atoms with Crippen molar-refractivity contribution in [2.24, 2.45) is 0 Å². The Morgan fingerprint density at radius 3 is 2.60 bits per heavy atom. The molecule has 6 heteroatoms. The van der Waals surface area contributed by atoms with Gasteiger partial charge < -0.3 is 15.0 Å². The second kappa shape index (κ2) is 6.74. The van der Waals surface area contributed by atoms with E-state index in [1.54, 1.807) is 19.1 Å². The summed E-state index contributed by atoms with van der Waals surface area (Å²) in [4.78, 5) is 13.6. The second-order valence-electron chi connectivity index (χ2n) is 5.71. The Balaban J connectivity index is 2.43. The van der Waals surface area contributed by atoms with Gasteiger partial charge in [-0.05, 0) is 39.7 Å². The van der Waals surface area contributed by atoms with Crippen LogP contribution in [0.5, 0.6) is 0 Å². The Labute approximate surface area is 120 Å². The molecule has 1 heterocycles. The van der Waals surface area contributed by atoms with Gasteiger partial charge in [-0.1, -0.05) is 0 Å². The second-order valence-corrected chi connectivity index (χ2v) is 5.71. The Morgan fingerprint density at radius 1 is 1.45 bits per heavy atom. The summed E-state index contributed by atoms with van der Waals surface area (Å²) in [5, 5.41) is 9.99. The molecule has 0 saturated heterocycles. The van der Waals surface area contributed by atoms with Crippen molar-refractivity contribution in [3.8, 4) is 0 Å². The monoisotopic (exact) mass is 282 g/mol. The maximum Gasteiger partial charge on any atom is 0.317 e. The molecule has 114 valence electrons. The smallest absolute Gasteiger partial charge is 0.317 e. The van der Waals surface area contributed by atoms with E-state index in [-0.39, 0.29) is 11.6 Å². The zero-order chi connectivity index (χ0) is 15.3. The van der Waals surface area contributed by atoms with E-state index in [0.29, 0.717) is 13.1 Å². The fraction of sp³-hybridized carbons (Fsp3) is 0.714. The zero-order valence-electron chi connectivity index (χ0n) is 13.3. The third-order valence-electron chi connectivity index (χ3n) is 3.54. The van der Waals surface area contributed by atoms with E-state index < -0.39 is 0 Å². The van der Waals surface area contributed by atoms with Crippen LogP contribution in [0.15, 0.2) is 0 Å². The predicted molar refractivity (Wildman–Crippen MR) is 78.9 cm³/mol. The minimum atomic E-state index is -0.353. The summed E-state index contributed by atoms with van der Waals surface area (Å²) in [6.45, 7) is 8.98. The number of rotatable bonds is 6. The number of ether oxygens (including phenoxy) is 1. The molecule has 0 radical (unpaired) electrons. The van der Waals surface area contributed by atoms with Crippen LogP contribution in [0.2, 0.25) is 0 Å². The lowest BCUT2D eigenvalue weighted by Gasteiger charge is -2.25. The molecule has 0 aliphatic heterocycles. The standard InChI is InChI=1S/C14H26N4O2/c1-10-12(11(2)17-16-10)7-8-18(5)13(19)15-9-14(3,4)20-6/h7-9H2,1-6H3,(H,15,19)(H,16,17). The van der Waals surface area contributed by atoms with Gasteiger partial charge in [0.15, 0.2) is 0 Å². The highest BCUT2D eigenvalue weighted by atomic mass is 16.5. The zero-order valence-corrected chi connectivity index (χ0v) is 13.3. The molecule has 0 unspecified atom stereocenters. The summed E-state index contributed by atoms with van der Waals surface area (Å²) < 4.78 is 5.27. The van der Waals surface area contributed by atoms with Crippen molar-refractivity contribution >= 4 is 6.03 Å². The van der Waals surface area contributed by atoms with Gasteiger partial charge in [-0.25, -0.2) is 4.79 Å². The van der Waals surface area contributed by atoms with Crippen LogP contribution in [0.25, 0.3) is 0 Å². The topological polar surface area (TPSA) is 70.2 Å². The molecule has 0 aliphatic carbocycles. The van der Waals surface area contributed by atoms with Crippen LogP contribution in [0, 0.1) is 13.8 Å². The molecule has 0 spiro atoms. The molecule has 2 amide bonds. The van der Waals surface area contributed by atoms with Gasteiger partial charge in [-0.2, -0.15) is 5.10 Å². The number of hydrogen-bond acceptors (Lipinski definition) is 3. The number of amides is 2. The average molecular weight is 282 g/mol. The van der Waals surface area contributed by atoms with Crippen LogP contribution in [-0.2, 0) is 11.2 Å². The van der Waals surface area contributed by atoms with E-state index in [1.807, 2.05) is 27.7 Å². The number of aromatic amines is 1. The third-order valence-corrected chi connectivity index (χ3v) is 3.54.